The van der Waals surface area contributed by atoms with Crippen LogP contribution in [-0.2, 0) is 21.1 Å². The van der Waals surface area contributed by atoms with Gasteiger partial charge in [0.05, 0.1) is 22.8 Å². The second-order valence-electron chi connectivity index (χ2n) is 7.92. The van der Waals surface area contributed by atoms with Crippen LogP contribution in [0.15, 0.2) is 53.6 Å². The SMILES string of the molecule is CNCc1ccc(C(=N)OC(=N)c2nc(-c3ccc(S(=O)(=O)C(C)C)c(F)c3)cnc2C)cc1. The summed E-state index contributed by atoms with van der Waals surface area (Å²) in [5, 5.41) is 18.8. The first-order valence-electron chi connectivity index (χ1n) is 10.5. The molecule has 0 aliphatic rings. The maximum Gasteiger partial charge on any atom is 0.241 e. The first kappa shape index (κ1) is 25.1. The smallest absolute Gasteiger partial charge is 0.241 e. The summed E-state index contributed by atoms with van der Waals surface area (Å²) in [5.74, 6) is -1.48. The molecule has 2 aromatic carbocycles. The number of hydrogen-bond donors (Lipinski definition) is 3. The van der Waals surface area contributed by atoms with Crippen molar-refractivity contribution in [2.24, 2.45) is 0 Å². The van der Waals surface area contributed by atoms with E-state index in [1.54, 1.807) is 19.1 Å². The molecule has 0 atom stereocenters. The fourth-order valence-corrected chi connectivity index (χ4v) is 4.23. The van der Waals surface area contributed by atoms with Gasteiger partial charge in [-0.05, 0) is 57.6 Å². The van der Waals surface area contributed by atoms with Gasteiger partial charge < -0.3 is 10.1 Å². The third kappa shape index (κ3) is 5.35. The van der Waals surface area contributed by atoms with E-state index in [4.69, 9.17) is 15.6 Å². The lowest BCUT2D eigenvalue weighted by atomic mass is 10.1. The molecule has 8 nitrogen and oxygen atoms in total. The summed E-state index contributed by atoms with van der Waals surface area (Å²) in [5.41, 5.74) is 2.57. The lowest BCUT2D eigenvalue weighted by Gasteiger charge is -2.12. The fourth-order valence-electron chi connectivity index (χ4n) is 3.14. The van der Waals surface area contributed by atoms with Gasteiger partial charge in [-0.25, -0.2) is 17.8 Å². The first-order chi connectivity index (χ1) is 16.0. The molecule has 0 aliphatic carbocycles. The molecule has 3 aromatic rings. The number of sulfone groups is 1. The number of ether oxygens (including phenoxy) is 1. The van der Waals surface area contributed by atoms with Gasteiger partial charge in [-0.15, -0.1) is 0 Å². The third-order valence-corrected chi connectivity index (χ3v) is 7.31. The highest BCUT2D eigenvalue weighted by Gasteiger charge is 2.24. The third-order valence-electron chi connectivity index (χ3n) is 5.13. The fraction of sp³-hybridized carbons (Fsp3) is 0.250. The predicted octanol–water partition coefficient (Wildman–Crippen LogP) is 3.86. The number of nitrogens with one attached hydrogen (secondary N) is 3. The van der Waals surface area contributed by atoms with Crippen molar-refractivity contribution >= 4 is 21.6 Å². The maximum absolute atomic E-state index is 14.6. The van der Waals surface area contributed by atoms with E-state index in [-0.39, 0.29) is 28.1 Å². The van der Waals surface area contributed by atoms with Crippen molar-refractivity contribution in [1.29, 1.82) is 10.8 Å². The van der Waals surface area contributed by atoms with Crippen LogP contribution in [0.5, 0.6) is 0 Å². The van der Waals surface area contributed by atoms with Crippen LogP contribution in [0.4, 0.5) is 4.39 Å². The standard InChI is InChI=1S/C24H26FN5O3S/c1-14(2)34(31,32)21-10-9-18(11-19(21)25)20-13-29-15(3)22(30-20)24(27)33-23(26)17-7-5-16(6-8-17)12-28-4/h5-11,13-14,26-28H,12H2,1-4H3. The van der Waals surface area contributed by atoms with E-state index in [1.807, 2.05) is 19.2 Å². The van der Waals surface area contributed by atoms with Crippen LogP contribution in [0.1, 0.15) is 36.4 Å². The Balaban J connectivity index is 1.85. The molecule has 1 heterocycles. The van der Waals surface area contributed by atoms with Gasteiger partial charge in [0.15, 0.2) is 9.84 Å². The topological polar surface area (TPSA) is 129 Å². The molecule has 34 heavy (non-hydrogen) atoms. The highest BCUT2D eigenvalue weighted by molar-refractivity contribution is 7.92. The van der Waals surface area contributed by atoms with Crippen LogP contribution >= 0.6 is 0 Å². The molecule has 1 aromatic heterocycles. The number of hydrogen-bond acceptors (Lipinski definition) is 8. The van der Waals surface area contributed by atoms with E-state index in [2.05, 4.69) is 15.3 Å². The average Bonchev–Trinajstić information content (AvgIpc) is 2.79. The average molecular weight is 484 g/mol. The maximum atomic E-state index is 14.6. The number of rotatable bonds is 7. The van der Waals surface area contributed by atoms with Crippen molar-refractivity contribution in [3.8, 4) is 11.3 Å². The van der Waals surface area contributed by atoms with Crippen LogP contribution in [0.25, 0.3) is 11.3 Å². The zero-order chi connectivity index (χ0) is 25.0. The molecule has 0 unspecified atom stereocenters. The van der Waals surface area contributed by atoms with Crippen LogP contribution in [-0.4, -0.2) is 42.5 Å². The van der Waals surface area contributed by atoms with Crippen molar-refractivity contribution in [2.45, 2.75) is 37.5 Å². The Bertz CT molecular complexity index is 1340. The molecule has 3 N–H and O–H groups in total. The summed E-state index contributed by atoms with van der Waals surface area (Å²) in [6.07, 6.45) is 1.41. The molecule has 0 amide bonds. The lowest BCUT2D eigenvalue weighted by Crippen LogP contribution is -2.17. The molecule has 10 heteroatoms. The Morgan fingerprint density at radius 2 is 1.79 bits per heavy atom. The summed E-state index contributed by atoms with van der Waals surface area (Å²) >= 11 is 0. The molecular formula is C24H26FN5O3S. The van der Waals surface area contributed by atoms with Crippen LogP contribution < -0.4 is 5.32 Å². The molecule has 0 radical (unpaired) electrons. The van der Waals surface area contributed by atoms with E-state index < -0.39 is 20.9 Å². The first-order valence-corrected chi connectivity index (χ1v) is 12.1. The molecule has 0 saturated heterocycles. The van der Waals surface area contributed by atoms with Crippen LogP contribution in [0.3, 0.4) is 0 Å². The Morgan fingerprint density at radius 3 is 2.38 bits per heavy atom. The Kier molecular flexibility index (Phi) is 7.53. The van der Waals surface area contributed by atoms with Crippen LogP contribution in [0.2, 0.25) is 0 Å². The van der Waals surface area contributed by atoms with Gasteiger partial charge >= 0.3 is 0 Å². The van der Waals surface area contributed by atoms with Crippen molar-refractivity contribution in [3.05, 3.63) is 77.0 Å². The number of nitrogens with zero attached hydrogens (tertiary/aromatic N) is 2. The van der Waals surface area contributed by atoms with Gasteiger partial charge in [0.25, 0.3) is 0 Å². The Labute approximate surface area is 198 Å². The monoisotopic (exact) mass is 483 g/mol. The normalized spacial score (nSPS) is 11.5. The van der Waals surface area contributed by atoms with Crippen molar-refractivity contribution < 1.29 is 17.5 Å². The van der Waals surface area contributed by atoms with Gasteiger partial charge in [0.1, 0.15) is 16.4 Å². The molecule has 178 valence electrons. The van der Waals surface area contributed by atoms with Crippen molar-refractivity contribution in [3.63, 3.8) is 0 Å². The van der Waals surface area contributed by atoms with Gasteiger partial charge in [-0.3, -0.25) is 15.8 Å². The molecule has 0 bridgehead atoms. The summed E-state index contributed by atoms with van der Waals surface area (Å²) < 4.78 is 44.7. The van der Waals surface area contributed by atoms with Crippen molar-refractivity contribution in [2.75, 3.05) is 7.05 Å². The summed E-state index contributed by atoms with van der Waals surface area (Å²) in [6, 6.07) is 10.9. The summed E-state index contributed by atoms with van der Waals surface area (Å²) in [6.45, 7) is 5.30. The molecular weight excluding hydrogens is 457 g/mol. The van der Waals surface area contributed by atoms with Gasteiger partial charge in [0, 0.05) is 17.7 Å². The van der Waals surface area contributed by atoms with E-state index in [0.717, 1.165) is 11.6 Å². The zero-order valence-electron chi connectivity index (χ0n) is 19.3. The quantitative estimate of drug-likeness (QED) is 0.346. The summed E-state index contributed by atoms with van der Waals surface area (Å²) in [7, 11) is -1.93. The van der Waals surface area contributed by atoms with Gasteiger partial charge in [-0.1, -0.05) is 18.2 Å². The Hall–Kier alpha value is -3.50. The number of aromatic nitrogens is 2. The molecule has 0 spiro atoms. The largest absolute Gasteiger partial charge is 0.419 e. The van der Waals surface area contributed by atoms with Crippen molar-refractivity contribution in [1.82, 2.24) is 15.3 Å². The second kappa shape index (κ2) is 10.2. The zero-order valence-corrected chi connectivity index (χ0v) is 20.1. The highest BCUT2D eigenvalue weighted by Crippen LogP contribution is 2.25. The number of halogens is 1. The van der Waals surface area contributed by atoms with E-state index >= 15 is 0 Å². The van der Waals surface area contributed by atoms with E-state index in [9.17, 15) is 12.8 Å². The minimum absolute atomic E-state index is 0.0911. The molecule has 0 saturated carbocycles. The van der Waals surface area contributed by atoms with Gasteiger partial charge in [-0.2, -0.15) is 0 Å². The molecule has 0 aliphatic heterocycles. The molecule has 3 rings (SSSR count). The predicted molar refractivity (Wildman–Crippen MR) is 128 cm³/mol. The van der Waals surface area contributed by atoms with E-state index in [1.165, 1.54) is 32.2 Å². The Morgan fingerprint density at radius 1 is 1.12 bits per heavy atom. The van der Waals surface area contributed by atoms with E-state index in [0.29, 0.717) is 23.4 Å². The highest BCUT2D eigenvalue weighted by atomic mass is 32.2. The minimum Gasteiger partial charge on any atom is -0.419 e. The van der Waals surface area contributed by atoms with Gasteiger partial charge in [0.2, 0.25) is 11.8 Å². The minimum atomic E-state index is -3.77. The lowest BCUT2D eigenvalue weighted by molar-refractivity contribution is 0.534. The van der Waals surface area contributed by atoms with Crippen LogP contribution in [0, 0.1) is 23.6 Å². The number of aryl methyl sites for hydroxylation is 1. The molecule has 0 fully saturated rings. The second-order valence-corrected chi connectivity index (χ2v) is 10.4. The summed E-state index contributed by atoms with van der Waals surface area (Å²) in [4.78, 5) is 8.20. The number of benzene rings is 2.